The zero-order valence-electron chi connectivity index (χ0n) is 6.59. The first-order valence-electron chi connectivity index (χ1n) is 3.60. The van der Waals surface area contributed by atoms with Crippen molar-refractivity contribution in [3.05, 3.63) is 42.0 Å². The van der Waals surface area contributed by atoms with E-state index in [1.165, 1.54) is 0 Å². The van der Waals surface area contributed by atoms with Gasteiger partial charge in [0.1, 0.15) is 0 Å². The second-order valence-corrected chi connectivity index (χ2v) is 2.91. The van der Waals surface area contributed by atoms with Crippen LogP contribution in [0.4, 0.5) is 0 Å². The molecule has 0 unspecified atom stereocenters. The summed E-state index contributed by atoms with van der Waals surface area (Å²) in [7, 11) is 0. The molecule has 0 saturated carbocycles. The Bertz CT molecular complexity index is 304. The molecule has 1 nitrogen and oxygen atoms in total. The summed E-state index contributed by atoms with van der Waals surface area (Å²) in [6.45, 7) is 3.64. The molecule has 1 rings (SSSR count). The summed E-state index contributed by atoms with van der Waals surface area (Å²) in [5.41, 5.74) is 1.62. The Labute approximate surface area is 80.2 Å². The molecule has 12 heavy (non-hydrogen) atoms. The standard InChI is InChI=1S/C10H9BrO/c1-2-8-5-3-4-6-9(8)10(12)7-11/h2-6H,1,7H2. The molecule has 62 valence electrons. The van der Waals surface area contributed by atoms with E-state index in [1.54, 1.807) is 12.1 Å². The SMILES string of the molecule is C=Cc1ccccc1C(=O)CBr. The van der Waals surface area contributed by atoms with Gasteiger partial charge in [-0.3, -0.25) is 4.79 Å². The maximum Gasteiger partial charge on any atom is 0.173 e. The Kier molecular flexibility index (Phi) is 3.23. The number of rotatable bonds is 3. The minimum Gasteiger partial charge on any atom is -0.293 e. The number of carbonyl (C=O) groups excluding carboxylic acids is 1. The van der Waals surface area contributed by atoms with Gasteiger partial charge in [-0.25, -0.2) is 0 Å². The van der Waals surface area contributed by atoms with Gasteiger partial charge in [0.05, 0.1) is 5.33 Å². The summed E-state index contributed by atoms with van der Waals surface area (Å²) in [5.74, 6) is 0.0884. The second-order valence-electron chi connectivity index (χ2n) is 2.35. The molecule has 0 radical (unpaired) electrons. The molecule has 0 N–H and O–H groups in total. The summed E-state index contributed by atoms with van der Waals surface area (Å²) in [5, 5.41) is 0.359. The van der Waals surface area contributed by atoms with E-state index in [4.69, 9.17) is 0 Å². The number of Topliss-reactive ketones (excluding diaryl/α,β-unsaturated/α-hetero) is 1. The van der Waals surface area contributed by atoms with Crippen LogP contribution >= 0.6 is 15.9 Å². The van der Waals surface area contributed by atoms with Crippen LogP contribution in [0.15, 0.2) is 30.8 Å². The van der Waals surface area contributed by atoms with Crippen LogP contribution in [-0.4, -0.2) is 11.1 Å². The van der Waals surface area contributed by atoms with Gasteiger partial charge < -0.3 is 0 Å². The first-order chi connectivity index (χ1) is 5.79. The van der Waals surface area contributed by atoms with E-state index < -0.39 is 0 Å². The van der Waals surface area contributed by atoms with Gasteiger partial charge in [-0.2, -0.15) is 0 Å². The lowest BCUT2D eigenvalue weighted by atomic mass is 10.1. The van der Waals surface area contributed by atoms with E-state index in [0.29, 0.717) is 5.33 Å². The fourth-order valence-electron chi connectivity index (χ4n) is 1.00. The average molecular weight is 225 g/mol. The van der Waals surface area contributed by atoms with Crippen LogP contribution in [0.5, 0.6) is 0 Å². The summed E-state index contributed by atoms with van der Waals surface area (Å²) < 4.78 is 0. The molecule has 1 aromatic carbocycles. The third-order valence-electron chi connectivity index (χ3n) is 1.60. The van der Waals surface area contributed by atoms with Crippen molar-refractivity contribution in [1.29, 1.82) is 0 Å². The zero-order valence-corrected chi connectivity index (χ0v) is 8.17. The minimum absolute atomic E-state index is 0.0884. The van der Waals surface area contributed by atoms with E-state index >= 15 is 0 Å². The summed E-state index contributed by atoms with van der Waals surface area (Å²) >= 11 is 3.13. The average Bonchev–Trinajstić information content (AvgIpc) is 2.16. The Morgan fingerprint density at radius 2 is 2.17 bits per heavy atom. The summed E-state index contributed by atoms with van der Waals surface area (Å²) in [6, 6.07) is 7.43. The largest absolute Gasteiger partial charge is 0.293 e. The molecule has 0 heterocycles. The van der Waals surface area contributed by atoms with E-state index in [1.807, 2.05) is 18.2 Å². The molecule has 0 bridgehead atoms. The normalized spacial score (nSPS) is 9.42. The third-order valence-corrected chi connectivity index (χ3v) is 2.11. The Morgan fingerprint density at radius 3 is 2.75 bits per heavy atom. The van der Waals surface area contributed by atoms with Gasteiger partial charge in [-0.05, 0) is 5.56 Å². The molecular formula is C10H9BrO. The number of ketones is 1. The van der Waals surface area contributed by atoms with E-state index in [9.17, 15) is 4.79 Å². The highest BCUT2D eigenvalue weighted by molar-refractivity contribution is 9.09. The number of hydrogen-bond donors (Lipinski definition) is 0. The number of benzene rings is 1. The first-order valence-corrected chi connectivity index (χ1v) is 4.72. The number of carbonyl (C=O) groups is 1. The van der Waals surface area contributed by atoms with Crippen molar-refractivity contribution >= 4 is 27.8 Å². The molecule has 0 spiro atoms. The van der Waals surface area contributed by atoms with Crippen molar-refractivity contribution in [2.24, 2.45) is 0 Å². The van der Waals surface area contributed by atoms with E-state index in [-0.39, 0.29) is 5.78 Å². The van der Waals surface area contributed by atoms with Crippen molar-refractivity contribution < 1.29 is 4.79 Å². The molecule has 0 fully saturated rings. The van der Waals surface area contributed by atoms with E-state index in [2.05, 4.69) is 22.5 Å². The highest BCUT2D eigenvalue weighted by Gasteiger charge is 2.05. The van der Waals surface area contributed by atoms with Crippen molar-refractivity contribution in [2.75, 3.05) is 5.33 Å². The Morgan fingerprint density at radius 1 is 1.50 bits per heavy atom. The lowest BCUT2D eigenvalue weighted by Crippen LogP contribution is -2.01. The lowest BCUT2D eigenvalue weighted by molar-refractivity contribution is 0.102. The van der Waals surface area contributed by atoms with Gasteiger partial charge >= 0.3 is 0 Å². The van der Waals surface area contributed by atoms with Crippen LogP contribution in [0.2, 0.25) is 0 Å². The van der Waals surface area contributed by atoms with Crippen LogP contribution in [-0.2, 0) is 0 Å². The molecule has 1 aromatic rings. The molecule has 0 atom stereocenters. The van der Waals surface area contributed by atoms with Gasteiger partial charge in [0.2, 0.25) is 0 Å². The summed E-state index contributed by atoms with van der Waals surface area (Å²) in [6.07, 6.45) is 1.69. The van der Waals surface area contributed by atoms with Crippen molar-refractivity contribution in [2.45, 2.75) is 0 Å². The Balaban J connectivity index is 3.13. The highest BCUT2D eigenvalue weighted by atomic mass is 79.9. The maximum atomic E-state index is 11.3. The van der Waals surface area contributed by atoms with E-state index in [0.717, 1.165) is 11.1 Å². The molecular weight excluding hydrogens is 216 g/mol. The molecule has 0 aliphatic carbocycles. The molecule has 0 aliphatic rings. The van der Waals surface area contributed by atoms with Crippen LogP contribution in [0.3, 0.4) is 0 Å². The van der Waals surface area contributed by atoms with Gasteiger partial charge in [0, 0.05) is 5.56 Å². The Hall–Kier alpha value is -0.890. The predicted molar refractivity (Wildman–Crippen MR) is 54.7 cm³/mol. The quantitative estimate of drug-likeness (QED) is 0.571. The topological polar surface area (TPSA) is 17.1 Å². The van der Waals surface area contributed by atoms with Gasteiger partial charge in [-0.15, -0.1) is 0 Å². The maximum absolute atomic E-state index is 11.3. The first kappa shape index (κ1) is 9.20. The van der Waals surface area contributed by atoms with Gasteiger partial charge in [0.25, 0.3) is 0 Å². The van der Waals surface area contributed by atoms with Crippen LogP contribution in [0.1, 0.15) is 15.9 Å². The fraction of sp³-hybridized carbons (Fsp3) is 0.100. The monoisotopic (exact) mass is 224 g/mol. The third kappa shape index (κ3) is 1.83. The molecule has 0 aliphatic heterocycles. The molecule has 0 aromatic heterocycles. The van der Waals surface area contributed by atoms with Crippen LogP contribution in [0, 0.1) is 0 Å². The lowest BCUT2D eigenvalue weighted by Gasteiger charge is -2.00. The van der Waals surface area contributed by atoms with Crippen molar-refractivity contribution in [3.63, 3.8) is 0 Å². The van der Waals surface area contributed by atoms with Gasteiger partial charge in [-0.1, -0.05) is 52.9 Å². The van der Waals surface area contributed by atoms with Crippen molar-refractivity contribution in [3.8, 4) is 0 Å². The fourth-order valence-corrected chi connectivity index (χ4v) is 1.30. The van der Waals surface area contributed by atoms with Crippen LogP contribution < -0.4 is 0 Å². The molecule has 0 saturated heterocycles. The smallest absolute Gasteiger partial charge is 0.173 e. The zero-order chi connectivity index (χ0) is 8.97. The molecule has 0 amide bonds. The number of alkyl halides is 1. The number of hydrogen-bond acceptors (Lipinski definition) is 1. The van der Waals surface area contributed by atoms with Gasteiger partial charge in [0.15, 0.2) is 5.78 Å². The number of halogens is 1. The summed E-state index contributed by atoms with van der Waals surface area (Å²) in [4.78, 5) is 11.3. The molecule has 2 heteroatoms. The highest BCUT2D eigenvalue weighted by Crippen LogP contribution is 2.11. The predicted octanol–water partition coefficient (Wildman–Crippen LogP) is 2.91. The second kappa shape index (κ2) is 4.21. The van der Waals surface area contributed by atoms with Crippen LogP contribution in [0.25, 0.3) is 6.08 Å². The van der Waals surface area contributed by atoms with Crippen molar-refractivity contribution in [1.82, 2.24) is 0 Å². The minimum atomic E-state index is 0.0884.